The van der Waals surface area contributed by atoms with E-state index in [1.807, 2.05) is 18.2 Å². The van der Waals surface area contributed by atoms with Gasteiger partial charge in [0, 0.05) is 5.56 Å². The minimum absolute atomic E-state index is 0.0356. The summed E-state index contributed by atoms with van der Waals surface area (Å²) in [5.41, 5.74) is 7.23. The number of para-hydroxylation sites is 1. The van der Waals surface area contributed by atoms with Gasteiger partial charge in [-0.1, -0.05) is 41.0 Å². The number of oxime groups is 1. The molecule has 142 valence electrons. The molecule has 0 fully saturated rings. The molecule has 0 bridgehead atoms. The molecule has 0 aliphatic carbocycles. The number of benzene rings is 3. The van der Waals surface area contributed by atoms with Crippen molar-refractivity contribution < 1.29 is 18.8 Å². The molecule has 0 atom stereocenters. The standard InChI is InChI=1S/C21H16ClFN2O3/c22-18-6-1-2-7-19(18)27-13-14-4-3-5-16(12-14)21(26)28-25-20(24)15-8-10-17(23)11-9-15/h1-12H,13H2,(H2,24,25). The largest absolute Gasteiger partial charge is 0.487 e. The second-order valence-electron chi connectivity index (χ2n) is 5.78. The van der Waals surface area contributed by atoms with E-state index in [-0.39, 0.29) is 18.0 Å². The van der Waals surface area contributed by atoms with Gasteiger partial charge < -0.3 is 15.3 Å². The predicted molar refractivity (Wildman–Crippen MR) is 105 cm³/mol. The number of hydrogen-bond acceptors (Lipinski definition) is 4. The molecule has 5 nitrogen and oxygen atoms in total. The number of hydrogen-bond donors (Lipinski definition) is 1. The van der Waals surface area contributed by atoms with Crippen molar-refractivity contribution in [1.29, 1.82) is 0 Å². The van der Waals surface area contributed by atoms with E-state index in [1.54, 1.807) is 30.3 Å². The summed E-state index contributed by atoms with van der Waals surface area (Å²) in [7, 11) is 0. The third kappa shape index (κ3) is 5.08. The smallest absolute Gasteiger partial charge is 0.365 e. The summed E-state index contributed by atoms with van der Waals surface area (Å²) in [5.74, 6) is -0.561. The lowest BCUT2D eigenvalue weighted by molar-refractivity contribution is 0.0516. The molecule has 3 aromatic rings. The zero-order chi connectivity index (χ0) is 19.9. The Kier molecular flexibility index (Phi) is 6.24. The van der Waals surface area contributed by atoms with Crippen LogP contribution in [0.5, 0.6) is 5.75 Å². The van der Waals surface area contributed by atoms with E-state index in [4.69, 9.17) is 26.9 Å². The third-order valence-electron chi connectivity index (χ3n) is 3.76. The van der Waals surface area contributed by atoms with Crippen molar-refractivity contribution in [2.45, 2.75) is 6.61 Å². The molecule has 3 rings (SSSR count). The van der Waals surface area contributed by atoms with E-state index in [2.05, 4.69) is 5.16 Å². The van der Waals surface area contributed by atoms with Crippen LogP contribution >= 0.6 is 11.6 Å². The van der Waals surface area contributed by atoms with Gasteiger partial charge >= 0.3 is 5.97 Å². The molecule has 0 saturated carbocycles. The minimum Gasteiger partial charge on any atom is -0.487 e. The molecule has 0 heterocycles. The van der Waals surface area contributed by atoms with E-state index < -0.39 is 11.8 Å². The zero-order valence-corrected chi connectivity index (χ0v) is 15.4. The molecule has 0 radical (unpaired) electrons. The van der Waals surface area contributed by atoms with Gasteiger partial charge in [0.25, 0.3) is 0 Å². The van der Waals surface area contributed by atoms with Crippen molar-refractivity contribution in [2.75, 3.05) is 0 Å². The van der Waals surface area contributed by atoms with E-state index in [1.165, 1.54) is 24.3 Å². The van der Waals surface area contributed by atoms with E-state index in [9.17, 15) is 9.18 Å². The van der Waals surface area contributed by atoms with Crippen LogP contribution in [0.1, 0.15) is 21.5 Å². The van der Waals surface area contributed by atoms with Crippen LogP contribution in [0.15, 0.2) is 78.0 Å². The van der Waals surface area contributed by atoms with Crippen LogP contribution in [0.25, 0.3) is 0 Å². The van der Waals surface area contributed by atoms with E-state index in [0.29, 0.717) is 16.3 Å². The van der Waals surface area contributed by atoms with Gasteiger partial charge in [-0.15, -0.1) is 0 Å². The van der Waals surface area contributed by atoms with Crippen LogP contribution in [-0.2, 0) is 11.4 Å². The number of ether oxygens (including phenoxy) is 1. The van der Waals surface area contributed by atoms with Gasteiger partial charge in [0.15, 0.2) is 5.84 Å². The Balaban J connectivity index is 1.64. The molecule has 28 heavy (non-hydrogen) atoms. The number of carbonyl (C=O) groups is 1. The summed E-state index contributed by atoms with van der Waals surface area (Å²) in [6, 6.07) is 19.2. The highest BCUT2D eigenvalue weighted by molar-refractivity contribution is 6.32. The highest BCUT2D eigenvalue weighted by atomic mass is 35.5. The number of rotatable bonds is 6. The topological polar surface area (TPSA) is 73.9 Å². The van der Waals surface area contributed by atoms with Gasteiger partial charge in [0.2, 0.25) is 0 Å². The molecule has 0 aliphatic rings. The van der Waals surface area contributed by atoms with Crippen LogP contribution in [-0.4, -0.2) is 11.8 Å². The lowest BCUT2D eigenvalue weighted by Gasteiger charge is -2.08. The van der Waals surface area contributed by atoms with E-state index in [0.717, 1.165) is 5.56 Å². The summed E-state index contributed by atoms with van der Waals surface area (Å²) in [5, 5.41) is 4.11. The first-order valence-electron chi connectivity index (χ1n) is 8.30. The fourth-order valence-electron chi connectivity index (χ4n) is 2.33. The molecule has 0 unspecified atom stereocenters. The Bertz CT molecular complexity index is 1010. The maximum absolute atomic E-state index is 12.9. The van der Waals surface area contributed by atoms with Crippen LogP contribution < -0.4 is 10.5 Å². The van der Waals surface area contributed by atoms with E-state index >= 15 is 0 Å². The zero-order valence-electron chi connectivity index (χ0n) is 14.6. The van der Waals surface area contributed by atoms with Gasteiger partial charge in [-0.05, 0) is 54.1 Å². The first-order chi connectivity index (χ1) is 13.5. The second-order valence-corrected chi connectivity index (χ2v) is 6.19. The predicted octanol–water partition coefficient (Wildman–Crippen LogP) is 4.54. The Hall–Kier alpha value is -3.38. The first-order valence-corrected chi connectivity index (χ1v) is 8.68. The molecule has 0 aliphatic heterocycles. The van der Waals surface area contributed by atoms with Gasteiger partial charge in [-0.2, -0.15) is 0 Å². The molecule has 3 aromatic carbocycles. The van der Waals surface area contributed by atoms with Gasteiger partial charge in [-0.3, -0.25) is 0 Å². The molecular formula is C21H16ClFN2O3. The number of nitrogens with two attached hydrogens (primary N) is 1. The highest BCUT2D eigenvalue weighted by Gasteiger charge is 2.10. The summed E-state index contributed by atoms with van der Waals surface area (Å²) in [4.78, 5) is 17.1. The second kappa shape index (κ2) is 9.01. The van der Waals surface area contributed by atoms with Gasteiger partial charge in [0.05, 0.1) is 10.6 Å². The minimum atomic E-state index is -0.676. The third-order valence-corrected chi connectivity index (χ3v) is 4.07. The van der Waals surface area contributed by atoms with Crippen molar-refractivity contribution in [3.8, 4) is 5.75 Å². The molecular weight excluding hydrogens is 383 g/mol. The van der Waals surface area contributed by atoms with Crippen LogP contribution in [0, 0.1) is 5.82 Å². The van der Waals surface area contributed by atoms with Crippen molar-refractivity contribution in [3.63, 3.8) is 0 Å². The van der Waals surface area contributed by atoms with Gasteiger partial charge in [0.1, 0.15) is 18.2 Å². The van der Waals surface area contributed by atoms with Crippen LogP contribution in [0.3, 0.4) is 0 Å². The number of nitrogens with zero attached hydrogens (tertiary/aromatic N) is 1. The fourth-order valence-corrected chi connectivity index (χ4v) is 2.52. The Labute approximate surface area is 166 Å². The highest BCUT2D eigenvalue weighted by Crippen LogP contribution is 2.24. The maximum atomic E-state index is 12.9. The average Bonchev–Trinajstić information content (AvgIpc) is 2.72. The first kappa shape index (κ1) is 19.4. The Morgan fingerprint density at radius 2 is 1.75 bits per heavy atom. The average molecular weight is 399 g/mol. The molecule has 0 aromatic heterocycles. The summed E-state index contributed by atoms with van der Waals surface area (Å²) in [6.45, 7) is 0.228. The lowest BCUT2D eigenvalue weighted by Crippen LogP contribution is -2.15. The molecule has 2 N–H and O–H groups in total. The molecule has 0 spiro atoms. The quantitative estimate of drug-likeness (QED) is 0.286. The van der Waals surface area contributed by atoms with Crippen molar-refractivity contribution in [1.82, 2.24) is 0 Å². The summed E-state index contributed by atoms with van der Waals surface area (Å²) in [6.07, 6.45) is 0. The van der Waals surface area contributed by atoms with Crippen LogP contribution in [0.4, 0.5) is 4.39 Å². The lowest BCUT2D eigenvalue weighted by atomic mass is 10.1. The van der Waals surface area contributed by atoms with Gasteiger partial charge in [-0.25, -0.2) is 9.18 Å². The summed E-state index contributed by atoms with van der Waals surface area (Å²) >= 11 is 6.06. The number of carbonyl (C=O) groups excluding carboxylic acids is 1. The van der Waals surface area contributed by atoms with Crippen molar-refractivity contribution >= 4 is 23.4 Å². The SMILES string of the molecule is N/C(=N\OC(=O)c1cccc(COc2ccccc2Cl)c1)c1ccc(F)cc1. The molecule has 0 amide bonds. The van der Waals surface area contributed by atoms with Crippen molar-refractivity contribution in [2.24, 2.45) is 10.9 Å². The number of halogens is 2. The van der Waals surface area contributed by atoms with Crippen LogP contribution in [0.2, 0.25) is 5.02 Å². The molecule has 7 heteroatoms. The summed E-state index contributed by atoms with van der Waals surface area (Å²) < 4.78 is 18.6. The maximum Gasteiger partial charge on any atom is 0.365 e. The molecule has 0 saturated heterocycles. The number of amidine groups is 1. The Morgan fingerprint density at radius 1 is 1.00 bits per heavy atom. The monoisotopic (exact) mass is 398 g/mol. The Morgan fingerprint density at radius 3 is 2.50 bits per heavy atom. The fraction of sp³-hybridized carbons (Fsp3) is 0.0476. The normalized spacial score (nSPS) is 11.1. The van der Waals surface area contributed by atoms with Crippen molar-refractivity contribution in [3.05, 3.63) is 100 Å².